The molecule has 118 valence electrons. The lowest BCUT2D eigenvalue weighted by atomic mass is 9.93. The van der Waals surface area contributed by atoms with E-state index in [4.69, 9.17) is 15.6 Å². The van der Waals surface area contributed by atoms with Crippen molar-refractivity contribution in [2.45, 2.75) is 25.4 Å². The van der Waals surface area contributed by atoms with Crippen LogP contribution in [0.15, 0.2) is 0 Å². The smallest absolute Gasteiger partial charge is 0.334 e. The molecule has 2 saturated heterocycles. The maximum atomic E-state index is 12.4. The molecule has 8 nitrogen and oxygen atoms in total. The van der Waals surface area contributed by atoms with Gasteiger partial charge in [0.2, 0.25) is 5.91 Å². The molecule has 2 rings (SSSR count). The molecule has 0 aromatic heterocycles. The van der Waals surface area contributed by atoms with Gasteiger partial charge in [-0.2, -0.15) is 0 Å². The van der Waals surface area contributed by atoms with Gasteiger partial charge < -0.3 is 25.4 Å². The average Bonchev–Trinajstić information content (AvgIpc) is 2.47. The Kier molecular flexibility index (Phi) is 5.00. The number of hydrogen-bond acceptors (Lipinski definition) is 4. The molecule has 3 N–H and O–H groups in total. The van der Waals surface area contributed by atoms with Crippen molar-refractivity contribution >= 4 is 17.9 Å². The van der Waals surface area contributed by atoms with Gasteiger partial charge in [-0.05, 0) is 18.8 Å². The number of urea groups is 1. The van der Waals surface area contributed by atoms with Crippen LogP contribution in [0.1, 0.15) is 19.3 Å². The summed E-state index contributed by atoms with van der Waals surface area (Å²) in [7, 11) is 0. The molecule has 2 aliphatic rings. The van der Waals surface area contributed by atoms with Gasteiger partial charge in [0.05, 0.1) is 13.2 Å². The maximum absolute atomic E-state index is 12.4. The van der Waals surface area contributed by atoms with E-state index in [2.05, 4.69) is 0 Å². The van der Waals surface area contributed by atoms with Gasteiger partial charge in [-0.3, -0.25) is 4.79 Å². The summed E-state index contributed by atoms with van der Waals surface area (Å²) in [4.78, 5) is 37.4. The summed E-state index contributed by atoms with van der Waals surface area (Å²) in [5.74, 6) is -1.12. The number of carboxylic acids is 1. The third kappa shape index (κ3) is 4.07. The second-order valence-corrected chi connectivity index (χ2v) is 5.53. The number of carboxylic acid groups (broad SMARTS) is 1. The van der Waals surface area contributed by atoms with E-state index in [-0.39, 0.29) is 31.0 Å². The number of piperidine rings is 1. The van der Waals surface area contributed by atoms with Crippen LogP contribution in [-0.2, 0) is 14.3 Å². The summed E-state index contributed by atoms with van der Waals surface area (Å²) >= 11 is 0. The number of primary amides is 1. The first kappa shape index (κ1) is 15.6. The molecule has 2 aliphatic heterocycles. The topological polar surface area (TPSA) is 113 Å². The maximum Gasteiger partial charge on any atom is 0.334 e. The van der Waals surface area contributed by atoms with Crippen LogP contribution in [0.5, 0.6) is 0 Å². The minimum atomic E-state index is -1.05. The number of rotatable bonds is 3. The van der Waals surface area contributed by atoms with Crippen LogP contribution in [-0.4, -0.2) is 71.7 Å². The van der Waals surface area contributed by atoms with Gasteiger partial charge in [0.25, 0.3) is 0 Å². The molecule has 0 saturated carbocycles. The van der Waals surface area contributed by atoms with E-state index < -0.39 is 12.1 Å². The molecule has 0 spiro atoms. The fourth-order valence-corrected chi connectivity index (χ4v) is 2.79. The second-order valence-electron chi connectivity index (χ2n) is 5.53. The van der Waals surface area contributed by atoms with Crippen molar-refractivity contribution in [2.24, 2.45) is 11.7 Å². The molecule has 2 heterocycles. The number of likely N-dealkylation sites (tertiary alicyclic amines) is 1. The van der Waals surface area contributed by atoms with Crippen molar-refractivity contribution in [3.8, 4) is 0 Å². The summed E-state index contributed by atoms with van der Waals surface area (Å²) in [6.45, 7) is 1.87. The molecule has 1 unspecified atom stereocenters. The van der Waals surface area contributed by atoms with Crippen molar-refractivity contribution in [3.63, 3.8) is 0 Å². The van der Waals surface area contributed by atoms with Crippen molar-refractivity contribution in [3.05, 3.63) is 0 Å². The molecule has 21 heavy (non-hydrogen) atoms. The van der Waals surface area contributed by atoms with E-state index in [9.17, 15) is 14.4 Å². The first-order chi connectivity index (χ1) is 9.97. The lowest BCUT2D eigenvalue weighted by molar-refractivity contribution is -0.154. The molecule has 3 amide bonds. The molecule has 0 aromatic carbocycles. The molecular weight excluding hydrogens is 278 g/mol. The zero-order valence-corrected chi connectivity index (χ0v) is 11.9. The van der Waals surface area contributed by atoms with Crippen LogP contribution in [0.3, 0.4) is 0 Å². The van der Waals surface area contributed by atoms with Gasteiger partial charge in [0, 0.05) is 26.1 Å². The molecule has 0 aliphatic carbocycles. The normalized spacial score (nSPS) is 23.9. The molecule has 0 aromatic rings. The van der Waals surface area contributed by atoms with E-state index in [1.54, 1.807) is 4.90 Å². The highest BCUT2D eigenvalue weighted by Crippen LogP contribution is 2.21. The highest BCUT2D eigenvalue weighted by atomic mass is 16.5. The van der Waals surface area contributed by atoms with Crippen LogP contribution in [0.25, 0.3) is 0 Å². The molecular formula is C13H21N3O5. The third-order valence-electron chi connectivity index (χ3n) is 3.99. The number of ether oxygens (including phenoxy) is 1. The molecule has 8 heteroatoms. The molecule has 2 fully saturated rings. The standard InChI is InChI=1S/C13H21N3O5/c14-11(17)7-9-1-3-15(4-2-9)13(20)16-5-6-21-10(8-16)12(18)19/h9-10H,1-8H2,(H2,14,17)(H,18,19). The number of nitrogens with zero attached hydrogens (tertiary/aromatic N) is 2. The predicted octanol–water partition coefficient (Wildman–Crippen LogP) is -0.521. The minimum Gasteiger partial charge on any atom is -0.479 e. The van der Waals surface area contributed by atoms with Crippen LogP contribution >= 0.6 is 0 Å². The summed E-state index contributed by atoms with van der Waals surface area (Å²) < 4.78 is 5.10. The quantitative estimate of drug-likeness (QED) is 0.728. The Labute approximate surface area is 122 Å². The number of hydrogen-bond donors (Lipinski definition) is 2. The Morgan fingerprint density at radius 1 is 1.14 bits per heavy atom. The van der Waals surface area contributed by atoms with Crippen molar-refractivity contribution < 1.29 is 24.2 Å². The van der Waals surface area contributed by atoms with Crippen molar-refractivity contribution in [1.82, 2.24) is 9.80 Å². The summed E-state index contributed by atoms with van der Waals surface area (Å²) in [6, 6.07) is -0.151. The third-order valence-corrected chi connectivity index (χ3v) is 3.99. The first-order valence-electron chi connectivity index (χ1n) is 7.14. The van der Waals surface area contributed by atoms with Gasteiger partial charge in [0.1, 0.15) is 0 Å². The number of aliphatic carboxylic acids is 1. The SMILES string of the molecule is NC(=O)CC1CCN(C(=O)N2CCOC(C(=O)O)C2)CC1. The van der Waals surface area contributed by atoms with E-state index in [0.29, 0.717) is 26.1 Å². The summed E-state index contributed by atoms with van der Waals surface area (Å²) in [6.07, 6.45) is 0.916. The van der Waals surface area contributed by atoms with Gasteiger partial charge in [-0.15, -0.1) is 0 Å². The van der Waals surface area contributed by atoms with Crippen LogP contribution in [0.4, 0.5) is 4.79 Å². The molecule has 0 bridgehead atoms. The number of morpholine rings is 1. The Bertz CT molecular complexity index is 420. The summed E-state index contributed by atoms with van der Waals surface area (Å²) in [5, 5.41) is 8.95. The minimum absolute atomic E-state index is 0.0788. The Morgan fingerprint density at radius 3 is 2.38 bits per heavy atom. The highest BCUT2D eigenvalue weighted by molar-refractivity contribution is 5.78. The Hall–Kier alpha value is -1.83. The first-order valence-corrected chi connectivity index (χ1v) is 7.14. The van der Waals surface area contributed by atoms with Crippen LogP contribution < -0.4 is 5.73 Å². The largest absolute Gasteiger partial charge is 0.479 e. The van der Waals surface area contributed by atoms with E-state index in [1.165, 1.54) is 4.90 Å². The van der Waals surface area contributed by atoms with Gasteiger partial charge in [0.15, 0.2) is 6.10 Å². The fraction of sp³-hybridized carbons (Fsp3) is 0.769. The highest BCUT2D eigenvalue weighted by Gasteiger charge is 2.32. The zero-order valence-electron chi connectivity index (χ0n) is 11.9. The van der Waals surface area contributed by atoms with E-state index in [0.717, 1.165) is 12.8 Å². The van der Waals surface area contributed by atoms with Crippen molar-refractivity contribution in [1.29, 1.82) is 0 Å². The van der Waals surface area contributed by atoms with E-state index >= 15 is 0 Å². The van der Waals surface area contributed by atoms with Crippen molar-refractivity contribution in [2.75, 3.05) is 32.8 Å². The predicted molar refractivity (Wildman–Crippen MR) is 72.5 cm³/mol. The van der Waals surface area contributed by atoms with Gasteiger partial charge in [-0.1, -0.05) is 0 Å². The fourth-order valence-electron chi connectivity index (χ4n) is 2.79. The van der Waals surface area contributed by atoms with Gasteiger partial charge in [-0.25, -0.2) is 9.59 Å². The molecule has 1 atom stereocenters. The van der Waals surface area contributed by atoms with Crippen LogP contribution in [0.2, 0.25) is 0 Å². The zero-order chi connectivity index (χ0) is 15.4. The Balaban J connectivity index is 1.84. The summed E-state index contributed by atoms with van der Waals surface area (Å²) in [5.41, 5.74) is 5.18. The second kappa shape index (κ2) is 6.75. The monoisotopic (exact) mass is 299 g/mol. The van der Waals surface area contributed by atoms with E-state index in [1.807, 2.05) is 0 Å². The lowest BCUT2D eigenvalue weighted by Gasteiger charge is -2.38. The number of nitrogens with two attached hydrogens (primary N) is 1. The molecule has 0 radical (unpaired) electrons. The van der Waals surface area contributed by atoms with Crippen LogP contribution in [0, 0.1) is 5.92 Å². The number of carbonyl (C=O) groups excluding carboxylic acids is 2. The number of carbonyl (C=O) groups is 3. The number of amides is 3. The lowest BCUT2D eigenvalue weighted by Crippen LogP contribution is -2.54. The average molecular weight is 299 g/mol. The Morgan fingerprint density at radius 2 is 1.81 bits per heavy atom. The van der Waals surface area contributed by atoms with Gasteiger partial charge >= 0.3 is 12.0 Å².